The van der Waals surface area contributed by atoms with Crippen LogP contribution in [-0.4, -0.2) is 33.5 Å². The number of piperidine rings is 1. The number of carbonyl (C=O) groups is 1. The van der Waals surface area contributed by atoms with Gasteiger partial charge in [-0.3, -0.25) is 4.79 Å². The molecule has 1 heterocycles. The first-order chi connectivity index (χ1) is 12.0. The molecule has 1 atom stereocenters. The second-order valence-corrected chi connectivity index (χ2v) is 8.61. The van der Waals surface area contributed by atoms with Gasteiger partial charge in [0.05, 0.1) is 11.5 Å². The van der Waals surface area contributed by atoms with Crippen molar-refractivity contribution in [3.8, 4) is 5.75 Å². The molecule has 1 aliphatic carbocycles. The van der Waals surface area contributed by atoms with Crippen LogP contribution in [0.2, 0.25) is 0 Å². The van der Waals surface area contributed by atoms with Crippen molar-refractivity contribution in [2.45, 2.75) is 55.9 Å². The molecule has 0 bridgehead atoms. The molecule has 1 aliphatic heterocycles. The Kier molecular flexibility index (Phi) is 5.96. The molecule has 0 aromatic heterocycles. The third-order valence-electron chi connectivity index (χ3n) is 4.93. The molecule has 138 valence electrons. The predicted octanol–water partition coefficient (Wildman–Crippen LogP) is 2.20. The van der Waals surface area contributed by atoms with Crippen molar-refractivity contribution in [1.29, 1.82) is 0 Å². The lowest BCUT2D eigenvalue weighted by molar-refractivity contribution is -0.124. The van der Waals surface area contributed by atoms with Gasteiger partial charge in [0.25, 0.3) is 0 Å². The van der Waals surface area contributed by atoms with Crippen LogP contribution < -0.4 is 14.8 Å². The van der Waals surface area contributed by atoms with E-state index >= 15 is 0 Å². The van der Waals surface area contributed by atoms with Crippen molar-refractivity contribution in [1.82, 2.24) is 10.0 Å². The monoisotopic (exact) mass is 366 g/mol. The molecule has 0 spiro atoms. The van der Waals surface area contributed by atoms with Gasteiger partial charge in [0.15, 0.2) is 0 Å². The molecule has 2 aliphatic rings. The van der Waals surface area contributed by atoms with Gasteiger partial charge in [0.1, 0.15) is 11.8 Å². The lowest BCUT2D eigenvalue weighted by Crippen LogP contribution is -2.50. The van der Waals surface area contributed by atoms with Crippen LogP contribution in [-0.2, 0) is 14.8 Å². The SMILES string of the molecule is O=C1NCCC[C@H]1NS(=O)(=O)c1ccc(OCC2CCCCC2)cc1. The molecule has 25 heavy (non-hydrogen) atoms. The average Bonchev–Trinajstić information content (AvgIpc) is 2.63. The molecule has 1 saturated heterocycles. The zero-order valence-electron chi connectivity index (χ0n) is 14.4. The summed E-state index contributed by atoms with van der Waals surface area (Å²) >= 11 is 0. The molecule has 0 radical (unpaired) electrons. The number of benzene rings is 1. The van der Waals surface area contributed by atoms with Gasteiger partial charge in [0, 0.05) is 6.54 Å². The first kappa shape index (κ1) is 18.2. The van der Waals surface area contributed by atoms with Gasteiger partial charge >= 0.3 is 0 Å². The van der Waals surface area contributed by atoms with Crippen LogP contribution >= 0.6 is 0 Å². The lowest BCUT2D eigenvalue weighted by Gasteiger charge is -2.23. The maximum Gasteiger partial charge on any atom is 0.241 e. The second kappa shape index (κ2) is 8.19. The van der Waals surface area contributed by atoms with E-state index in [2.05, 4.69) is 10.0 Å². The molecule has 2 fully saturated rings. The summed E-state index contributed by atoms with van der Waals surface area (Å²) < 4.78 is 33.1. The highest BCUT2D eigenvalue weighted by molar-refractivity contribution is 7.89. The van der Waals surface area contributed by atoms with Gasteiger partial charge < -0.3 is 10.1 Å². The van der Waals surface area contributed by atoms with Crippen LogP contribution in [0.1, 0.15) is 44.9 Å². The molecule has 1 aromatic rings. The highest BCUT2D eigenvalue weighted by Gasteiger charge is 2.27. The zero-order chi connectivity index (χ0) is 17.7. The third-order valence-corrected chi connectivity index (χ3v) is 6.41. The molecule has 7 heteroatoms. The summed E-state index contributed by atoms with van der Waals surface area (Å²) in [6.45, 7) is 1.29. The Balaban J connectivity index is 1.57. The van der Waals surface area contributed by atoms with Gasteiger partial charge in [-0.05, 0) is 55.9 Å². The summed E-state index contributed by atoms with van der Waals surface area (Å²) in [7, 11) is -3.71. The van der Waals surface area contributed by atoms with Crippen LogP contribution in [0.25, 0.3) is 0 Å². The Morgan fingerprint density at radius 1 is 1.04 bits per heavy atom. The predicted molar refractivity (Wildman–Crippen MR) is 94.9 cm³/mol. The molecule has 6 nitrogen and oxygen atoms in total. The summed E-state index contributed by atoms with van der Waals surface area (Å²) in [5, 5.41) is 2.68. The van der Waals surface area contributed by atoms with Gasteiger partial charge in [-0.15, -0.1) is 0 Å². The van der Waals surface area contributed by atoms with E-state index in [0.29, 0.717) is 31.2 Å². The fourth-order valence-corrected chi connectivity index (χ4v) is 4.65. The van der Waals surface area contributed by atoms with E-state index in [-0.39, 0.29) is 10.8 Å². The van der Waals surface area contributed by atoms with Gasteiger partial charge in [-0.1, -0.05) is 19.3 Å². The lowest BCUT2D eigenvalue weighted by atomic mass is 9.90. The molecule has 2 N–H and O–H groups in total. The Labute approximate surface area is 149 Å². The number of rotatable bonds is 6. The Morgan fingerprint density at radius 3 is 2.44 bits per heavy atom. The van der Waals surface area contributed by atoms with E-state index in [1.165, 1.54) is 44.2 Å². The Morgan fingerprint density at radius 2 is 1.76 bits per heavy atom. The number of carbonyl (C=O) groups excluding carboxylic acids is 1. The molecular weight excluding hydrogens is 340 g/mol. The third kappa shape index (κ3) is 4.95. The maximum atomic E-state index is 12.4. The minimum atomic E-state index is -3.71. The molecule has 0 unspecified atom stereocenters. The quantitative estimate of drug-likeness (QED) is 0.808. The fourth-order valence-electron chi connectivity index (χ4n) is 3.42. The highest BCUT2D eigenvalue weighted by atomic mass is 32.2. The van der Waals surface area contributed by atoms with Crippen LogP contribution in [0.15, 0.2) is 29.2 Å². The van der Waals surface area contributed by atoms with Gasteiger partial charge in [-0.2, -0.15) is 4.72 Å². The number of hydrogen-bond donors (Lipinski definition) is 2. The van der Waals surface area contributed by atoms with Crippen LogP contribution in [0.5, 0.6) is 5.75 Å². The summed E-state index contributed by atoms with van der Waals surface area (Å²) in [6, 6.07) is 5.72. The van der Waals surface area contributed by atoms with Crippen LogP contribution in [0.4, 0.5) is 0 Å². The Hall–Kier alpha value is -1.60. The summed E-state index contributed by atoms with van der Waals surface area (Å²) in [6.07, 6.45) is 7.56. The largest absolute Gasteiger partial charge is 0.493 e. The topological polar surface area (TPSA) is 84.5 Å². The van der Waals surface area contributed by atoms with Gasteiger partial charge in [-0.25, -0.2) is 8.42 Å². The van der Waals surface area contributed by atoms with Crippen LogP contribution in [0, 0.1) is 5.92 Å². The molecule has 1 aromatic carbocycles. The van der Waals surface area contributed by atoms with Crippen molar-refractivity contribution in [3.05, 3.63) is 24.3 Å². The van der Waals surface area contributed by atoms with E-state index in [0.717, 1.165) is 6.42 Å². The minimum absolute atomic E-state index is 0.149. The van der Waals surface area contributed by atoms with Crippen molar-refractivity contribution < 1.29 is 17.9 Å². The number of hydrogen-bond acceptors (Lipinski definition) is 4. The van der Waals surface area contributed by atoms with E-state index in [1.807, 2.05) is 0 Å². The summed E-state index contributed by atoms with van der Waals surface area (Å²) in [5.74, 6) is 1.02. The van der Waals surface area contributed by atoms with E-state index in [1.54, 1.807) is 12.1 Å². The molecule has 1 amide bonds. The first-order valence-corrected chi connectivity index (χ1v) is 10.6. The number of nitrogens with one attached hydrogen (secondary N) is 2. The van der Waals surface area contributed by atoms with Crippen molar-refractivity contribution in [2.75, 3.05) is 13.2 Å². The maximum absolute atomic E-state index is 12.4. The minimum Gasteiger partial charge on any atom is -0.493 e. The summed E-state index contributed by atoms with van der Waals surface area (Å²) in [5.41, 5.74) is 0. The number of amides is 1. The van der Waals surface area contributed by atoms with Crippen molar-refractivity contribution in [3.63, 3.8) is 0 Å². The number of sulfonamides is 1. The molecular formula is C18H26N2O4S. The zero-order valence-corrected chi connectivity index (χ0v) is 15.2. The van der Waals surface area contributed by atoms with Gasteiger partial charge in [0.2, 0.25) is 15.9 Å². The van der Waals surface area contributed by atoms with Crippen LogP contribution in [0.3, 0.4) is 0 Å². The number of ether oxygens (including phenoxy) is 1. The smallest absolute Gasteiger partial charge is 0.241 e. The second-order valence-electron chi connectivity index (χ2n) is 6.89. The first-order valence-electron chi connectivity index (χ1n) is 9.07. The standard InChI is InChI=1S/C18H26N2O4S/c21-18-17(7-4-12-19-18)20-25(22,23)16-10-8-15(9-11-16)24-13-14-5-2-1-3-6-14/h8-11,14,17,20H,1-7,12-13H2,(H,19,21)/t17-/m1/s1. The Bertz CT molecular complexity index is 682. The summed E-state index contributed by atoms with van der Waals surface area (Å²) in [4.78, 5) is 11.9. The molecule has 3 rings (SSSR count). The van der Waals surface area contributed by atoms with E-state index < -0.39 is 16.1 Å². The van der Waals surface area contributed by atoms with Crippen molar-refractivity contribution in [2.24, 2.45) is 5.92 Å². The van der Waals surface area contributed by atoms with Crippen molar-refractivity contribution >= 4 is 15.9 Å². The normalized spacial score (nSPS) is 22.4. The fraction of sp³-hybridized carbons (Fsp3) is 0.611. The highest BCUT2D eigenvalue weighted by Crippen LogP contribution is 2.25. The average molecular weight is 366 g/mol. The van der Waals surface area contributed by atoms with E-state index in [4.69, 9.17) is 4.74 Å². The molecule has 1 saturated carbocycles. The van der Waals surface area contributed by atoms with E-state index in [9.17, 15) is 13.2 Å².